The number of anilines is 1. The maximum atomic E-state index is 12.8. The lowest BCUT2D eigenvalue weighted by molar-refractivity contribution is -0.119. The SMILES string of the molecule is CN1C(=O)[C@@H](N)COc2ccc(OCc3ccc(F)cn3)cc21.Cl. The van der Waals surface area contributed by atoms with Gasteiger partial charge in [0.25, 0.3) is 0 Å². The van der Waals surface area contributed by atoms with Crippen molar-refractivity contribution in [2.45, 2.75) is 12.6 Å². The predicted molar refractivity (Wildman–Crippen MR) is 89.1 cm³/mol. The van der Waals surface area contributed by atoms with E-state index in [0.717, 1.165) is 6.20 Å². The number of rotatable bonds is 3. The van der Waals surface area contributed by atoms with Crippen LogP contribution in [0.3, 0.4) is 0 Å². The highest BCUT2D eigenvalue weighted by Gasteiger charge is 2.26. The van der Waals surface area contributed by atoms with E-state index in [-0.39, 0.29) is 31.5 Å². The third-order valence-electron chi connectivity index (χ3n) is 3.53. The molecule has 1 aliphatic rings. The number of benzene rings is 1. The number of aromatic nitrogens is 1. The molecule has 2 N–H and O–H groups in total. The monoisotopic (exact) mass is 353 g/mol. The minimum Gasteiger partial charge on any atom is -0.489 e. The highest BCUT2D eigenvalue weighted by Crippen LogP contribution is 2.34. The van der Waals surface area contributed by atoms with Crippen LogP contribution in [-0.2, 0) is 11.4 Å². The molecular weight excluding hydrogens is 337 g/mol. The molecule has 1 aromatic carbocycles. The van der Waals surface area contributed by atoms with Crippen LogP contribution in [-0.4, -0.2) is 30.6 Å². The lowest BCUT2D eigenvalue weighted by atomic mass is 10.2. The molecule has 0 radical (unpaired) electrons. The van der Waals surface area contributed by atoms with E-state index in [9.17, 15) is 9.18 Å². The van der Waals surface area contributed by atoms with Crippen molar-refractivity contribution >= 4 is 24.0 Å². The molecule has 0 fully saturated rings. The van der Waals surface area contributed by atoms with Gasteiger partial charge in [-0.05, 0) is 24.3 Å². The number of amides is 1. The van der Waals surface area contributed by atoms with Gasteiger partial charge >= 0.3 is 0 Å². The minimum absolute atomic E-state index is 0. The van der Waals surface area contributed by atoms with Gasteiger partial charge in [-0.25, -0.2) is 4.39 Å². The van der Waals surface area contributed by atoms with Gasteiger partial charge in [0.05, 0.1) is 17.6 Å². The summed E-state index contributed by atoms with van der Waals surface area (Å²) in [7, 11) is 1.64. The lowest BCUT2D eigenvalue weighted by Crippen LogP contribution is -2.43. The van der Waals surface area contributed by atoms with E-state index in [1.54, 1.807) is 31.3 Å². The summed E-state index contributed by atoms with van der Waals surface area (Å²) in [4.78, 5) is 17.4. The molecule has 1 amide bonds. The third-order valence-corrected chi connectivity index (χ3v) is 3.53. The van der Waals surface area contributed by atoms with Gasteiger partial charge in [0, 0.05) is 13.1 Å². The maximum absolute atomic E-state index is 12.8. The second kappa shape index (κ2) is 7.46. The molecule has 2 aromatic rings. The number of hydrogen-bond donors (Lipinski definition) is 1. The van der Waals surface area contributed by atoms with Crippen LogP contribution >= 0.6 is 12.4 Å². The van der Waals surface area contributed by atoms with Gasteiger partial charge in [0.15, 0.2) is 0 Å². The summed E-state index contributed by atoms with van der Waals surface area (Å²) in [5, 5.41) is 0. The average molecular weight is 354 g/mol. The lowest BCUT2D eigenvalue weighted by Gasteiger charge is -2.18. The van der Waals surface area contributed by atoms with E-state index >= 15 is 0 Å². The van der Waals surface area contributed by atoms with Gasteiger partial charge in [-0.2, -0.15) is 0 Å². The first-order chi connectivity index (χ1) is 11.0. The summed E-state index contributed by atoms with van der Waals surface area (Å²) in [5.74, 6) is 0.503. The number of ether oxygens (including phenoxy) is 2. The Morgan fingerprint density at radius 1 is 1.42 bits per heavy atom. The number of carbonyl (C=O) groups is 1. The van der Waals surface area contributed by atoms with E-state index in [1.807, 2.05) is 0 Å². The summed E-state index contributed by atoms with van der Waals surface area (Å²) in [6.45, 7) is 0.326. The van der Waals surface area contributed by atoms with Gasteiger partial charge in [-0.3, -0.25) is 9.78 Å². The Bertz CT molecular complexity index is 727. The van der Waals surface area contributed by atoms with Crippen LogP contribution in [0.5, 0.6) is 11.5 Å². The zero-order valence-electron chi connectivity index (χ0n) is 12.9. The average Bonchev–Trinajstić information content (AvgIpc) is 2.67. The van der Waals surface area contributed by atoms with E-state index in [4.69, 9.17) is 15.2 Å². The number of pyridine rings is 1. The Morgan fingerprint density at radius 2 is 2.21 bits per heavy atom. The fourth-order valence-electron chi connectivity index (χ4n) is 2.24. The van der Waals surface area contributed by atoms with E-state index < -0.39 is 11.9 Å². The van der Waals surface area contributed by atoms with Crippen molar-refractivity contribution in [2.75, 3.05) is 18.6 Å². The number of hydrogen-bond acceptors (Lipinski definition) is 5. The zero-order valence-corrected chi connectivity index (χ0v) is 13.8. The van der Waals surface area contributed by atoms with Gasteiger partial charge < -0.3 is 20.1 Å². The summed E-state index contributed by atoms with van der Waals surface area (Å²) in [5.41, 5.74) is 6.94. The Labute approximate surface area is 144 Å². The molecule has 6 nitrogen and oxygen atoms in total. The summed E-state index contributed by atoms with van der Waals surface area (Å²) in [6, 6.07) is 7.35. The highest BCUT2D eigenvalue weighted by atomic mass is 35.5. The second-order valence-corrected chi connectivity index (χ2v) is 5.20. The second-order valence-electron chi connectivity index (χ2n) is 5.20. The number of nitrogens with zero attached hydrogens (tertiary/aromatic N) is 2. The first-order valence-corrected chi connectivity index (χ1v) is 7.08. The molecule has 0 bridgehead atoms. The molecule has 8 heteroatoms. The standard InChI is InChI=1S/C16H16FN3O3.ClH/c1-20-14-6-12(22-8-11-3-2-10(17)7-19-11)4-5-15(14)23-9-13(18)16(20)21;/h2-7,13H,8-9,18H2,1H3;1H/t13-;/m0./s1. The molecule has 0 aliphatic carbocycles. The summed E-state index contributed by atoms with van der Waals surface area (Å²) in [6.07, 6.45) is 1.14. The fourth-order valence-corrected chi connectivity index (χ4v) is 2.24. The van der Waals surface area contributed by atoms with Crippen molar-refractivity contribution in [2.24, 2.45) is 5.73 Å². The zero-order chi connectivity index (χ0) is 16.4. The van der Waals surface area contributed by atoms with Crippen molar-refractivity contribution in [3.05, 3.63) is 48.0 Å². The topological polar surface area (TPSA) is 77.7 Å². The molecule has 1 atom stereocenters. The van der Waals surface area contributed by atoms with Crippen LogP contribution in [0.1, 0.15) is 5.69 Å². The first kappa shape index (κ1) is 18.0. The smallest absolute Gasteiger partial charge is 0.247 e. The Hall–Kier alpha value is -2.38. The normalized spacial score (nSPS) is 16.5. The van der Waals surface area contributed by atoms with Crippen molar-refractivity contribution in [3.8, 4) is 11.5 Å². The van der Waals surface area contributed by atoms with Crippen molar-refractivity contribution < 1.29 is 18.7 Å². The summed E-state index contributed by atoms with van der Waals surface area (Å²) < 4.78 is 24.0. The quantitative estimate of drug-likeness (QED) is 0.912. The molecule has 0 spiro atoms. The maximum Gasteiger partial charge on any atom is 0.247 e. The molecule has 0 saturated carbocycles. The fraction of sp³-hybridized carbons (Fsp3) is 0.250. The molecule has 2 heterocycles. The van der Waals surface area contributed by atoms with E-state index in [0.29, 0.717) is 22.9 Å². The Kier molecular flexibility index (Phi) is 5.58. The predicted octanol–water partition coefficient (Wildman–Crippen LogP) is 1.90. The van der Waals surface area contributed by atoms with Gasteiger partial charge in [0.2, 0.25) is 5.91 Å². The van der Waals surface area contributed by atoms with E-state index in [1.165, 1.54) is 11.0 Å². The number of likely N-dealkylation sites (N-methyl/N-ethyl adjacent to an activating group) is 1. The molecular formula is C16H17ClFN3O3. The highest BCUT2D eigenvalue weighted by molar-refractivity contribution is 5.98. The van der Waals surface area contributed by atoms with Crippen LogP contribution in [0.2, 0.25) is 0 Å². The van der Waals surface area contributed by atoms with Crippen LogP contribution in [0, 0.1) is 5.82 Å². The number of carbonyl (C=O) groups excluding carboxylic acids is 1. The first-order valence-electron chi connectivity index (χ1n) is 7.08. The number of fused-ring (bicyclic) bond motifs is 1. The Balaban J connectivity index is 0.00000208. The number of halogens is 2. The molecule has 0 unspecified atom stereocenters. The van der Waals surface area contributed by atoms with Crippen molar-refractivity contribution in [1.82, 2.24) is 4.98 Å². The molecule has 24 heavy (non-hydrogen) atoms. The minimum atomic E-state index is -0.694. The van der Waals surface area contributed by atoms with Crippen LogP contribution in [0.25, 0.3) is 0 Å². The third kappa shape index (κ3) is 3.74. The van der Waals surface area contributed by atoms with Gasteiger partial charge in [-0.15, -0.1) is 12.4 Å². The van der Waals surface area contributed by atoms with Crippen molar-refractivity contribution in [1.29, 1.82) is 0 Å². The molecule has 0 saturated heterocycles. The molecule has 128 valence electrons. The van der Waals surface area contributed by atoms with Crippen LogP contribution < -0.4 is 20.1 Å². The molecule has 3 rings (SSSR count). The van der Waals surface area contributed by atoms with E-state index in [2.05, 4.69) is 4.98 Å². The van der Waals surface area contributed by atoms with Crippen molar-refractivity contribution in [3.63, 3.8) is 0 Å². The van der Waals surface area contributed by atoms with Gasteiger partial charge in [-0.1, -0.05) is 0 Å². The summed E-state index contributed by atoms with van der Waals surface area (Å²) >= 11 is 0. The molecule has 1 aliphatic heterocycles. The Morgan fingerprint density at radius 3 is 2.92 bits per heavy atom. The number of nitrogens with two attached hydrogens (primary N) is 1. The van der Waals surface area contributed by atoms with Crippen LogP contribution in [0.15, 0.2) is 36.5 Å². The largest absolute Gasteiger partial charge is 0.489 e. The molecule has 1 aromatic heterocycles. The van der Waals surface area contributed by atoms with Crippen LogP contribution in [0.4, 0.5) is 10.1 Å². The van der Waals surface area contributed by atoms with Gasteiger partial charge in [0.1, 0.15) is 36.6 Å².